The summed E-state index contributed by atoms with van der Waals surface area (Å²) in [5, 5.41) is 2.78. The van der Waals surface area contributed by atoms with Crippen molar-refractivity contribution in [2.45, 2.75) is 31.9 Å². The number of amides is 1. The van der Waals surface area contributed by atoms with E-state index < -0.39 is 5.82 Å². The lowest BCUT2D eigenvalue weighted by Crippen LogP contribution is -2.41. The molecule has 1 heterocycles. The summed E-state index contributed by atoms with van der Waals surface area (Å²) in [5.41, 5.74) is 0.0809. The number of nitrogens with one attached hydrogen (secondary N) is 1. The summed E-state index contributed by atoms with van der Waals surface area (Å²) in [6, 6.07) is 5.88. The maximum absolute atomic E-state index is 13.4. The fourth-order valence-electron chi connectivity index (χ4n) is 2.02. The molecule has 0 bridgehead atoms. The van der Waals surface area contributed by atoms with Crippen molar-refractivity contribution >= 4 is 5.91 Å². The highest BCUT2D eigenvalue weighted by atomic mass is 19.1. The molecule has 1 aromatic rings. The van der Waals surface area contributed by atoms with Crippen molar-refractivity contribution in [2.75, 3.05) is 6.61 Å². The summed E-state index contributed by atoms with van der Waals surface area (Å²) in [5.74, 6) is -0.879. The van der Waals surface area contributed by atoms with Gasteiger partial charge in [0.1, 0.15) is 5.82 Å². The van der Waals surface area contributed by atoms with Gasteiger partial charge in [0, 0.05) is 6.61 Å². The molecule has 1 saturated heterocycles. The van der Waals surface area contributed by atoms with Crippen LogP contribution in [0.3, 0.4) is 0 Å². The van der Waals surface area contributed by atoms with Gasteiger partial charge in [-0.25, -0.2) is 4.39 Å². The zero-order chi connectivity index (χ0) is 12.3. The molecule has 2 unspecified atom stereocenters. The number of hydrogen-bond donors (Lipinski definition) is 1. The van der Waals surface area contributed by atoms with Crippen LogP contribution in [-0.2, 0) is 4.74 Å². The summed E-state index contributed by atoms with van der Waals surface area (Å²) in [4.78, 5) is 11.8. The topological polar surface area (TPSA) is 38.3 Å². The van der Waals surface area contributed by atoms with Crippen LogP contribution >= 0.6 is 0 Å². The van der Waals surface area contributed by atoms with Crippen molar-refractivity contribution in [1.82, 2.24) is 5.32 Å². The number of halogens is 1. The second-order valence-electron chi connectivity index (χ2n) is 4.29. The minimum Gasteiger partial charge on any atom is -0.376 e. The number of carbonyl (C=O) groups is 1. The first kappa shape index (κ1) is 12.0. The van der Waals surface area contributed by atoms with E-state index in [-0.39, 0.29) is 23.6 Å². The largest absolute Gasteiger partial charge is 0.376 e. The maximum atomic E-state index is 13.4. The van der Waals surface area contributed by atoms with Crippen LogP contribution in [-0.4, -0.2) is 24.7 Å². The van der Waals surface area contributed by atoms with E-state index in [9.17, 15) is 9.18 Å². The average Bonchev–Trinajstić information content (AvgIpc) is 2.82. The van der Waals surface area contributed by atoms with E-state index in [1.165, 1.54) is 12.1 Å². The van der Waals surface area contributed by atoms with Crippen molar-refractivity contribution in [1.29, 1.82) is 0 Å². The van der Waals surface area contributed by atoms with E-state index in [2.05, 4.69) is 5.32 Å². The molecule has 1 aliphatic heterocycles. The third kappa shape index (κ3) is 2.82. The van der Waals surface area contributed by atoms with E-state index in [1.807, 2.05) is 6.92 Å². The highest BCUT2D eigenvalue weighted by Gasteiger charge is 2.24. The lowest BCUT2D eigenvalue weighted by Gasteiger charge is -2.20. The Morgan fingerprint density at radius 2 is 2.29 bits per heavy atom. The van der Waals surface area contributed by atoms with Crippen LogP contribution in [0.15, 0.2) is 24.3 Å². The lowest BCUT2D eigenvalue weighted by atomic mass is 10.1. The Kier molecular flexibility index (Phi) is 3.74. The Labute approximate surface area is 100.0 Å². The van der Waals surface area contributed by atoms with Gasteiger partial charge in [-0.2, -0.15) is 0 Å². The van der Waals surface area contributed by atoms with Crippen molar-refractivity contribution in [3.63, 3.8) is 0 Å². The molecule has 0 aromatic heterocycles. The summed E-state index contributed by atoms with van der Waals surface area (Å²) < 4.78 is 18.8. The Balaban J connectivity index is 1.99. The van der Waals surface area contributed by atoms with Crippen molar-refractivity contribution in [3.05, 3.63) is 35.6 Å². The first-order valence-electron chi connectivity index (χ1n) is 5.85. The zero-order valence-corrected chi connectivity index (χ0v) is 9.78. The molecule has 1 aliphatic rings. The molecule has 0 radical (unpaired) electrons. The molecule has 1 aromatic carbocycles. The smallest absolute Gasteiger partial charge is 0.254 e. The summed E-state index contributed by atoms with van der Waals surface area (Å²) in [6.07, 6.45) is 2.01. The monoisotopic (exact) mass is 237 g/mol. The molecule has 17 heavy (non-hydrogen) atoms. The van der Waals surface area contributed by atoms with Crippen LogP contribution in [0.25, 0.3) is 0 Å². The molecule has 2 atom stereocenters. The van der Waals surface area contributed by atoms with Gasteiger partial charge in [0.2, 0.25) is 0 Å². The fraction of sp³-hybridized carbons (Fsp3) is 0.462. The van der Waals surface area contributed by atoms with Crippen LogP contribution in [0.2, 0.25) is 0 Å². The van der Waals surface area contributed by atoms with E-state index in [0.29, 0.717) is 0 Å². The van der Waals surface area contributed by atoms with Crippen molar-refractivity contribution in [3.8, 4) is 0 Å². The highest BCUT2D eigenvalue weighted by Crippen LogP contribution is 2.16. The Bertz CT molecular complexity index is 402. The van der Waals surface area contributed by atoms with Crippen molar-refractivity contribution < 1.29 is 13.9 Å². The molecule has 0 aliphatic carbocycles. The summed E-state index contributed by atoms with van der Waals surface area (Å²) in [6.45, 7) is 2.62. The zero-order valence-electron chi connectivity index (χ0n) is 9.78. The minimum atomic E-state index is -0.496. The third-order valence-electron chi connectivity index (χ3n) is 3.00. The fourth-order valence-corrected chi connectivity index (χ4v) is 2.02. The standard InChI is InChI=1S/C13H16FNO2/c1-9(12-7-4-8-17-12)15-13(16)10-5-2-3-6-11(10)14/h2-3,5-6,9,12H,4,7-8H2,1H3,(H,15,16). The van der Waals surface area contributed by atoms with Gasteiger partial charge in [-0.3, -0.25) is 4.79 Å². The van der Waals surface area contributed by atoms with Crippen LogP contribution in [0, 0.1) is 5.82 Å². The van der Waals surface area contributed by atoms with Gasteiger partial charge in [0.05, 0.1) is 17.7 Å². The van der Waals surface area contributed by atoms with Gasteiger partial charge in [0.25, 0.3) is 5.91 Å². The van der Waals surface area contributed by atoms with E-state index >= 15 is 0 Å². The first-order chi connectivity index (χ1) is 8.18. The quantitative estimate of drug-likeness (QED) is 0.874. The molecule has 0 spiro atoms. The van der Waals surface area contributed by atoms with Crippen LogP contribution in [0.1, 0.15) is 30.1 Å². The number of carbonyl (C=O) groups excluding carboxylic acids is 1. The molecule has 3 nitrogen and oxygen atoms in total. The van der Waals surface area contributed by atoms with Gasteiger partial charge in [-0.05, 0) is 31.9 Å². The lowest BCUT2D eigenvalue weighted by molar-refractivity contribution is 0.0710. The molecular weight excluding hydrogens is 221 g/mol. The van der Waals surface area contributed by atoms with Gasteiger partial charge < -0.3 is 10.1 Å². The van der Waals surface area contributed by atoms with Crippen LogP contribution in [0.5, 0.6) is 0 Å². The van der Waals surface area contributed by atoms with Gasteiger partial charge in [-0.1, -0.05) is 12.1 Å². The normalized spacial score (nSPS) is 21.2. The molecule has 2 rings (SSSR count). The number of benzene rings is 1. The van der Waals surface area contributed by atoms with Crippen LogP contribution in [0.4, 0.5) is 4.39 Å². The molecule has 4 heteroatoms. The summed E-state index contributed by atoms with van der Waals surface area (Å²) >= 11 is 0. The van der Waals surface area contributed by atoms with E-state index in [1.54, 1.807) is 12.1 Å². The van der Waals surface area contributed by atoms with Gasteiger partial charge in [-0.15, -0.1) is 0 Å². The number of rotatable bonds is 3. The molecule has 1 fully saturated rings. The first-order valence-corrected chi connectivity index (χ1v) is 5.85. The molecule has 92 valence electrons. The van der Waals surface area contributed by atoms with Crippen molar-refractivity contribution in [2.24, 2.45) is 0 Å². The molecule has 1 N–H and O–H groups in total. The average molecular weight is 237 g/mol. The molecule has 1 amide bonds. The highest BCUT2D eigenvalue weighted by molar-refractivity contribution is 5.94. The van der Waals surface area contributed by atoms with Gasteiger partial charge >= 0.3 is 0 Å². The van der Waals surface area contributed by atoms with Gasteiger partial charge in [0.15, 0.2) is 0 Å². The summed E-state index contributed by atoms with van der Waals surface area (Å²) in [7, 11) is 0. The van der Waals surface area contributed by atoms with E-state index in [0.717, 1.165) is 19.4 Å². The Hall–Kier alpha value is -1.42. The molecular formula is C13H16FNO2. The van der Waals surface area contributed by atoms with Crippen LogP contribution < -0.4 is 5.32 Å². The Morgan fingerprint density at radius 1 is 1.53 bits per heavy atom. The minimum absolute atomic E-state index is 0.0470. The van der Waals surface area contributed by atoms with E-state index in [4.69, 9.17) is 4.74 Å². The second-order valence-corrected chi connectivity index (χ2v) is 4.29. The number of hydrogen-bond acceptors (Lipinski definition) is 2. The Morgan fingerprint density at radius 3 is 2.94 bits per heavy atom. The number of ether oxygens (including phenoxy) is 1. The predicted molar refractivity (Wildman–Crippen MR) is 62.3 cm³/mol. The maximum Gasteiger partial charge on any atom is 0.254 e. The SMILES string of the molecule is CC(NC(=O)c1ccccc1F)C1CCCO1. The molecule has 0 saturated carbocycles. The predicted octanol–water partition coefficient (Wildman–Crippen LogP) is 2.12. The second kappa shape index (κ2) is 5.27. The third-order valence-corrected chi connectivity index (χ3v) is 3.00.